The van der Waals surface area contributed by atoms with Crippen LogP contribution in [0.4, 0.5) is 0 Å². The van der Waals surface area contributed by atoms with Crippen molar-refractivity contribution in [3.05, 3.63) is 47.4 Å². The van der Waals surface area contributed by atoms with Crippen LogP contribution >= 0.6 is 11.6 Å². The third-order valence-electron chi connectivity index (χ3n) is 2.58. The number of benzene rings is 1. The van der Waals surface area contributed by atoms with Crippen molar-refractivity contribution in [2.75, 3.05) is 14.2 Å². The molecule has 0 aliphatic rings. The maximum absolute atomic E-state index is 12.1. The lowest BCUT2D eigenvalue weighted by atomic mass is 10.1. The zero-order valence-corrected chi connectivity index (χ0v) is 11.3. The second-order valence-corrected chi connectivity index (χ2v) is 4.18. The standard InChI is InChI=1S/C13H12ClN3O2/c1-17(19-2)13(18)12-11(15-7-8-16-12)9-3-5-10(14)6-4-9/h3-8H,1-2H3. The molecule has 5 nitrogen and oxygen atoms in total. The van der Waals surface area contributed by atoms with E-state index in [4.69, 9.17) is 16.4 Å². The van der Waals surface area contributed by atoms with Crippen molar-refractivity contribution in [3.63, 3.8) is 0 Å². The summed E-state index contributed by atoms with van der Waals surface area (Å²) >= 11 is 5.84. The van der Waals surface area contributed by atoms with Crippen molar-refractivity contribution in [2.45, 2.75) is 0 Å². The number of aromatic nitrogens is 2. The minimum atomic E-state index is -0.361. The summed E-state index contributed by atoms with van der Waals surface area (Å²) in [6.45, 7) is 0. The summed E-state index contributed by atoms with van der Waals surface area (Å²) in [5.41, 5.74) is 1.49. The molecule has 0 N–H and O–H groups in total. The maximum Gasteiger partial charge on any atom is 0.297 e. The number of hydrogen-bond donors (Lipinski definition) is 0. The Morgan fingerprint density at radius 1 is 1.21 bits per heavy atom. The molecular weight excluding hydrogens is 266 g/mol. The van der Waals surface area contributed by atoms with E-state index in [1.54, 1.807) is 24.3 Å². The zero-order valence-electron chi connectivity index (χ0n) is 10.5. The number of amides is 1. The van der Waals surface area contributed by atoms with Gasteiger partial charge in [0.05, 0.1) is 7.11 Å². The van der Waals surface area contributed by atoms with Crippen LogP contribution in [0.5, 0.6) is 0 Å². The second kappa shape index (κ2) is 5.77. The molecule has 2 rings (SSSR count). The molecule has 1 amide bonds. The largest absolute Gasteiger partial charge is 0.297 e. The molecule has 1 heterocycles. The lowest BCUT2D eigenvalue weighted by Gasteiger charge is -2.14. The van der Waals surface area contributed by atoms with Gasteiger partial charge in [0, 0.05) is 30.0 Å². The number of hydrogen-bond acceptors (Lipinski definition) is 4. The molecule has 6 heteroatoms. The molecule has 2 aromatic rings. The molecule has 0 atom stereocenters. The molecule has 0 fully saturated rings. The van der Waals surface area contributed by atoms with Gasteiger partial charge in [-0.05, 0) is 12.1 Å². The molecule has 0 saturated heterocycles. The molecule has 0 unspecified atom stereocenters. The van der Waals surface area contributed by atoms with Crippen LogP contribution < -0.4 is 0 Å². The number of carbonyl (C=O) groups excluding carboxylic acids is 1. The normalized spacial score (nSPS) is 10.3. The van der Waals surface area contributed by atoms with Crippen LogP contribution in [0, 0.1) is 0 Å². The van der Waals surface area contributed by atoms with Gasteiger partial charge in [0.1, 0.15) is 5.69 Å². The van der Waals surface area contributed by atoms with E-state index in [1.807, 2.05) is 0 Å². The summed E-state index contributed by atoms with van der Waals surface area (Å²) in [4.78, 5) is 25.3. The fraction of sp³-hybridized carbons (Fsp3) is 0.154. The van der Waals surface area contributed by atoms with E-state index in [1.165, 1.54) is 26.6 Å². The number of halogens is 1. The average molecular weight is 278 g/mol. The molecule has 1 aromatic carbocycles. The molecule has 0 aliphatic carbocycles. The topological polar surface area (TPSA) is 55.3 Å². The minimum Gasteiger partial charge on any atom is -0.274 e. The first kappa shape index (κ1) is 13.5. The number of rotatable bonds is 3. The Morgan fingerprint density at radius 2 is 1.84 bits per heavy atom. The van der Waals surface area contributed by atoms with Crippen LogP contribution in [0.15, 0.2) is 36.7 Å². The third kappa shape index (κ3) is 2.89. The number of hydroxylamine groups is 2. The summed E-state index contributed by atoms with van der Waals surface area (Å²) in [6, 6.07) is 7.05. The summed E-state index contributed by atoms with van der Waals surface area (Å²) in [7, 11) is 2.93. The highest BCUT2D eigenvalue weighted by Gasteiger charge is 2.19. The SMILES string of the molecule is CON(C)C(=O)c1nccnc1-c1ccc(Cl)cc1. The molecule has 0 bridgehead atoms. The molecular formula is C13H12ClN3O2. The summed E-state index contributed by atoms with van der Waals surface area (Å²) in [6.07, 6.45) is 3.00. The summed E-state index contributed by atoms with van der Waals surface area (Å²) in [5.74, 6) is -0.361. The van der Waals surface area contributed by atoms with Gasteiger partial charge in [-0.25, -0.2) is 10.0 Å². The highest BCUT2D eigenvalue weighted by atomic mass is 35.5. The number of carbonyl (C=O) groups is 1. The van der Waals surface area contributed by atoms with Gasteiger partial charge in [-0.2, -0.15) is 0 Å². The van der Waals surface area contributed by atoms with E-state index in [0.29, 0.717) is 10.7 Å². The summed E-state index contributed by atoms with van der Waals surface area (Å²) < 4.78 is 0. The quantitative estimate of drug-likeness (QED) is 0.809. The first-order chi connectivity index (χ1) is 9.13. The Balaban J connectivity index is 2.47. The van der Waals surface area contributed by atoms with Crippen molar-refractivity contribution >= 4 is 17.5 Å². The molecule has 0 aliphatic heterocycles. The van der Waals surface area contributed by atoms with Crippen LogP contribution in [-0.2, 0) is 4.84 Å². The van der Waals surface area contributed by atoms with Gasteiger partial charge in [0.2, 0.25) is 0 Å². The Hall–Kier alpha value is -1.98. The number of nitrogens with zero attached hydrogens (tertiary/aromatic N) is 3. The van der Waals surface area contributed by atoms with Crippen LogP contribution in [0.25, 0.3) is 11.3 Å². The van der Waals surface area contributed by atoms with Crippen LogP contribution in [0.2, 0.25) is 5.02 Å². The van der Waals surface area contributed by atoms with Crippen LogP contribution in [-0.4, -0.2) is 35.1 Å². The Kier molecular flexibility index (Phi) is 4.09. The highest BCUT2D eigenvalue weighted by molar-refractivity contribution is 6.30. The molecule has 19 heavy (non-hydrogen) atoms. The van der Waals surface area contributed by atoms with E-state index >= 15 is 0 Å². The monoisotopic (exact) mass is 277 g/mol. The summed E-state index contributed by atoms with van der Waals surface area (Å²) in [5, 5.41) is 1.72. The lowest BCUT2D eigenvalue weighted by molar-refractivity contribution is -0.0760. The van der Waals surface area contributed by atoms with Gasteiger partial charge in [-0.3, -0.25) is 14.6 Å². The molecule has 0 radical (unpaired) electrons. The van der Waals surface area contributed by atoms with Gasteiger partial charge in [0.25, 0.3) is 5.91 Å². The molecule has 0 spiro atoms. The predicted molar refractivity (Wildman–Crippen MR) is 71.6 cm³/mol. The van der Waals surface area contributed by atoms with E-state index in [9.17, 15) is 4.79 Å². The van der Waals surface area contributed by atoms with Gasteiger partial charge >= 0.3 is 0 Å². The van der Waals surface area contributed by atoms with Gasteiger partial charge in [-0.1, -0.05) is 23.7 Å². The molecule has 98 valence electrons. The van der Waals surface area contributed by atoms with Gasteiger partial charge in [-0.15, -0.1) is 0 Å². The second-order valence-electron chi connectivity index (χ2n) is 3.75. The van der Waals surface area contributed by atoms with Crippen molar-refractivity contribution < 1.29 is 9.63 Å². The third-order valence-corrected chi connectivity index (χ3v) is 2.83. The molecule has 0 saturated carbocycles. The van der Waals surface area contributed by atoms with Gasteiger partial charge < -0.3 is 0 Å². The average Bonchev–Trinajstić information content (AvgIpc) is 2.46. The lowest BCUT2D eigenvalue weighted by Crippen LogP contribution is -2.27. The van der Waals surface area contributed by atoms with E-state index in [0.717, 1.165) is 10.6 Å². The Labute approximate surface area is 115 Å². The van der Waals surface area contributed by atoms with Crippen molar-refractivity contribution in [1.82, 2.24) is 15.0 Å². The Bertz CT molecular complexity index is 587. The highest BCUT2D eigenvalue weighted by Crippen LogP contribution is 2.22. The van der Waals surface area contributed by atoms with Gasteiger partial charge in [0.15, 0.2) is 5.69 Å². The van der Waals surface area contributed by atoms with Crippen LogP contribution in [0.3, 0.4) is 0 Å². The minimum absolute atomic E-state index is 0.231. The van der Waals surface area contributed by atoms with E-state index in [-0.39, 0.29) is 11.6 Å². The smallest absolute Gasteiger partial charge is 0.274 e. The van der Waals surface area contributed by atoms with E-state index in [2.05, 4.69) is 9.97 Å². The van der Waals surface area contributed by atoms with Crippen molar-refractivity contribution in [3.8, 4) is 11.3 Å². The zero-order chi connectivity index (χ0) is 13.8. The first-order valence-electron chi connectivity index (χ1n) is 5.52. The fourth-order valence-electron chi connectivity index (χ4n) is 1.55. The maximum atomic E-state index is 12.1. The molecule has 1 aromatic heterocycles. The Morgan fingerprint density at radius 3 is 2.47 bits per heavy atom. The first-order valence-corrected chi connectivity index (χ1v) is 5.90. The fourth-order valence-corrected chi connectivity index (χ4v) is 1.67. The van der Waals surface area contributed by atoms with Crippen LogP contribution in [0.1, 0.15) is 10.5 Å². The van der Waals surface area contributed by atoms with Crippen molar-refractivity contribution in [1.29, 1.82) is 0 Å². The predicted octanol–water partition coefficient (Wildman–Crippen LogP) is 2.43. The van der Waals surface area contributed by atoms with Crippen molar-refractivity contribution in [2.24, 2.45) is 0 Å². The van der Waals surface area contributed by atoms with E-state index < -0.39 is 0 Å².